The van der Waals surface area contributed by atoms with Gasteiger partial charge in [0.05, 0.1) is 12.7 Å². The Morgan fingerprint density at radius 3 is 2.55 bits per heavy atom. The number of pyridine rings is 1. The Balaban J connectivity index is 1.69. The highest BCUT2D eigenvalue weighted by molar-refractivity contribution is 6.45. The first-order valence-electron chi connectivity index (χ1n) is 10.4. The van der Waals surface area contributed by atoms with E-state index in [1.807, 2.05) is 55.5 Å². The minimum absolute atomic E-state index is 0.141. The summed E-state index contributed by atoms with van der Waals surface area (Å²) in [6, 6.07) is 19.0. The van der Waals surface area contributed by atoms with Crippen LogP contribution in [-0.2, 0) is 27.6 Å². The van der Waals surface area contributed by atoms with Gasteiger partial charge in [-0.25, -0.2) is 4.98 Å². The molecule has 0 aliphatic rings. The minimum Gasteiger partial charge on any atom is -0.472 e. The zero-order chi connectivity index (χ0) is 23.6. The molecular weight excluding hydrogens is 442 g/mol. The number of carbonyl (C=O) groups is 1. The number of hydrogen-bond donors (Lipinski definition) is 1. The Hall–Kier alpha value is -3.42. The van der Waals surface area contributed by atoms with Crippen molar-refractivity contribution in [1.82, 2.24) is 10.3 Å². The second-order valence-electron chi connectivity index (χ2n) is 7.14. The molecule has 0 spiro atoms. The highest BCUT2D eigenvalue weighted by Crippen LogP contribution is 2.28. The number of amides is 1. The third kappa shape index (κ3) is 6.54. The third-order valence-corrected chi connectivity index (χ3v) is 5.17. The van der Waals surface area contributed by atoms with Crippen molar-refractivity contribution >= 4 is 23.2 Å². The van der Waals surface area contributed by atoms with E-state index in [4.69, 9.17) is 25.9 Å². The highest BCUT2D eigenvalue weighted by atomic mass is 35.5. The van der Waals surface area contributed by atoms with Crippen LogP contribution in [0.1, 0.15) is 35.3 Å². The number of nitrogens with zero attached hydrogens (tertiary/aromatic N) is 2. The Kier molecular flexibility index (Phi) is 8.80. The standard InChI is InChI=1S/C25H26ClN3O4/c1-17(32-15-18-9-5-4-6-10-18)20-13-22(26)25(28-14-20)33-16-19-11-7-8-12-21(19)23(29-31-3)24(30)27-2/h4-14,17H,15-16H2,1-3H3,(H,27,30). The maximum absolute atomic E-state index is 12.2. The number of halogens is 1. The molecule has 0 aliphatic heterocycles. The van der Waals surface area contributed by atoms with Crippen LogP contribution < -0.4 is 10.1 Å². The van der Waals surface area contributed by atoms with Gasteiger partial charge in [-0.15, -0.1) is 0 Å². The van der Waals surface area contributed by atoms with Crippen LogP contribution in [0.25, 0.3) is 0 Å². The molecule has 1 unspecified atom stereocenters. The lowest BCUT2D eigenvalue weighted by atomic mass is 10.0. The molecule has 0 saturated heterocycles. The lowest BCUT2D eigenvalue weighted by Gasteiger charge is -2.15. The molecule has 33 heavy (non-hydrogen) atoms. The van der Waals surface area contributed by atoms with Crippen molar-refractivity contribution in [1.29, 1.82) is 0 Å². The van der Waals surface area contributed by atoms with E-state index in [1.54, 1.807) is 18.3 Å². The summed E-state index contributed by atoms with van der Waals surface area (Å²) in [6.45, 7) is 2.58. The van der Waals surface area contributed by atoms with Crippen molar-refractivity contribution in [2.75, 3.05) is 14.2 Å². The number of ether oxygens (including phenoxy) is 2. The summed E-state index contributed by atoms with van der Waals surface area (Å²) in [5.41, 5.74) is 3.42. The molecule has 1 heterocycles. The molecule has 0 radical (unpaired) electrons. The molecule has 1 atom stereocenters. The van der Waals surface area contributed by atoms with Gasteiger partial charge in [0.2, 0.25) is 5.88 Å². The zero-order valence-corrected chi connectivity index (χ0v) is 19.5. The Morgan fingerprint density at radius 1 is 1.12 bits per heavy atom. The Bertz CT molecular complexity index is 1110. The maximum Gasteiger partial charge on any atom is 0.273 e. The van der Waals surface area contributed by atoms with E-state index in [0.29, 0.717) is 17.2 Å². The number of benzene rings is 2. The summed E-state index contributed by atoms with van der Waals surface area (Å²) in [4.78, 5) is 21.4. The summed E-state index contributed by atoms with van der Waals surface area (Å²) >= 11 is 6.43. The van der Waals surface area contributed by atoms with Crippen LogP contribution in [0.2, 0.25) is 5.02 Å². The summed E-state index contributed by atoms with van der Waals surface area (Å²) in [5, 5.41) is 6.79. The Labute approximate surface area is 198 Å². The van der Waals surface area contributed by atoms with Crippen molar-refractivity contribution < 1.29 is 19.1 Å². The average molecular weight is 468 g/mol. The number of nitrogens with one attached hydrogen (secondary N) is 1. The van der Waals surface area contributed by atoms with Gasteiger partial charge in [0.1, 0.15) is 18.7 Å². The fourth-order valence-electron chi connectivity index (χ4n) is 3.11. The molecule has 8 heteroatoms. The first-order chi connectivity index (χ1) is 16.0. The van der Waals surface area contributed by atoms with Crippen LogP contribution in [0.15, 0.2) is 72.0 Å². The number of aromatic nitrogens is 1. The number of carbonyl (C=O) groups excluding carboxylic acids is 1. The fourth-order valence-corrected chi connectivity index (χ4v) is 3.34. The summed E-state index contributed by atoms with van der Waals surface area (Å²) in [5.74, 6) is -0.0787. The van der Waals surface area contributed by atoms with E-state index in [1.165, 1.54) is 14.2 Å². The van der Waals surface area contributed by atoms with Gasteiger partial charge in [0.25, 0.3) is 5.91 Å². The molecule has 3 rings (SSSR count). The number of hydrogen-bond acceptors (Lipinski definition) is 6. The van der Waals surface area contributed by atoms with E-state index in [2.05, 4.69) is 15.5 Å². The van der Waals surface area contributed by atoms with Crippen LogP contribution in [0.5, 0.6) is 5.88 Å². The molecule has 3 aromatic rings. The first kappa shape index (κ1) is 24.2. The molecule has 0 fully saturated rings. The first-order valence-corrected chi connectivity index (χ1v) is 10.8. The molecule has 0 aliphatic carbocycles. The van der Waals surface area contributed by atoms with Crippen LogP contribution >= 0.6 is 11.6 Å². The van der Waals surface area contributed by atoms with Crippen LogP contribution in [0, 0.1) is 0 Å². The molecule has 1 N–H and O–H groups in total. The van der Waals surface area contributed by atoms with E-state index in [-0.39, 0.29) is 30.2 Å². The van der Waals surface area contributed by atoms with Gasteiger partial charge in [0, 0.05) is 24.4 Å². The molecule has 0 bridgehead atoms. The predicted molar refractivity (Wildman–Crippen MR) is 127 cm³/mol. The lowest BCUT2D eigenvalue weighted by molar-refractivity contribution is -0.114. The molecule has 1 amide bonds. The van der Waals surface area contributed by atoms with Gasteiger partial charge in [-0.3, -0.25) is 4.79 Å². The van der Waals surface area contributed by atoms with Crippen molar-refractivity contribution in [3.05, 3.63) is 94.1 Å². The van der Waals surface area contributed by atoms with Gasteiger partial charge < -0.3 is 19.6 Å². The largest absolute Gasteiger partial charge is 0.472 e. The minimum atomic E-state index is -0.366. The van der Waals surface area contributed by atoms with E-state index in [0.717, 1.165) is 16.7 Å². The number of rotatable bonds is 10. The van der Waals surface area contributed by atoms with Gasteiger partial charge in [-0.1, -0.05) is 71.4 Å². The van der Waals surface area contributed by atoms with Gasteiger partial charge >= 0.3 is 0 Å². The zero-order valence-electron chi connectivity index (χ0n) is 18.7. The van der Waals surface area contributed by atoms with Crippen LogP contribution in [0.4, 0.5) is 0 Å². The van der Waals surface area contributed by atoms with Gasteiger partial charge in [-0.2, -0.15) is 0 Å². The molecule has 0 saturated carbocycles. The van der Waals surface area contributed by atoms with E-state index < -0.39 is 0 Å². The Morgan fingerprint density at radius 2 is 1.85 bits per heavy atom. The number of oxime groups is 1. The van der Waals surface area contributed by atoms with Crippen LogP contribution in [0.3, 0.4) is 0 Å². The monoisotopic (exact) mass is 467 g/mol. The van der Waals surface area contributed by atoms with Crippen LogP contribution in [-0.4, -0.2) is 30.8 Å². The molecule has 172 valence electrons. The van der Waals surface area contributed by atoms with E-state index in [9.17, 15) is 4.79 Å². The van der Waals surface area contributed by atoms with Gasteiger partial charge in [-0.05, 0) is 24.1 Å². The van der Waals surface area contributed by atoms with Gasteiger partial charge in [0.15, 0.2) is 5.71 Å². The second-order valence-corrected chi connectivity index (χ2v) is 7.55. The summed E-state index contributed by atoms with van der Waals surface area (Å²) in [6.07, 6.45) is 1.50. The quantitative estimate of drug-likeness (QED) is 0.345. The second kappa shape index (κ2) is 12.0. The molecule has 2 aromatic carbocycles. The smallest absolute Gasteiger partial charge is 0.273 e. The van der Waals surface area contributed by atoms with Crippen molar-refractivity contribution in [3.63, 3.8) is 0 Å². The van der Waals surface area contributed by atoms with Crippen molar-refractivity contribution in [2.24, 2.45) is 5.16 Å². The maximum atomic E-state index is 12.2. The third-order valence-electron chi connectivity index (χ3n) is 4.90. The topological polar surface area (TPSA) is 82.0 Å². The molecule has 7 nitrogen and oxygen atoms in total. The predicted octanol–water partition coefficient (Wildman–Crippen LogP) is 4.69. The summed E-state index contributed by atoms with van der Waals surface area (Å²) in [7, 11) is 2.92. The molecular formula is C25H26ClN3O4. The molecule has 1 aromatic heterocycles. The van der Waals surface area contributed by atoms with Crippen molar-refractivity contribution in [2.45, 2.75) is 26.2 Å². The van der Waals surface area contributed by atoms with E-state index >= 15 is 0 Å². The highest BCUT2D eigenvalue weighted by Gasteiger charge is 2.18. The average Bonchev–Trinajstić information content (AvgIpc) is 2.85. The van der Waals surface area contributed by atoms with Crippen molar-refractivity contribution in [3.8, 4) is 5.88 Å². The SMILES string of the molecule is CNC(=O)C(=NOC)c1ccccc1COc1ncc(C(C)OCc2ccccc2)cc1Cl. The number of likely N-dealkylation sites (N-methyl/N-ethyl adjacent to an activating group) is 1. The normalized spacial score (nSPS) is 12.2. The lowest BCUT2D eigenvalue weighted by Crippen LogP contribution is -2.29. The fraction of sp³-hybridized carbons (Fsp3) is 0.240. The summed E-state index contributed by atoms with van der Waals surface area (Å²) < 4.78 is 11.8.